The fourth-order valence-corrected chi connectivity index (χ4v) is 2.89. The molecular formula is C20H16FN5O. The van der Waals surface area contributed by atoms with Crippen LogP contribution in [-0.4, -0.2) is 25.7 Å². The molecule has 0 saturated carbocycles. The third-order valence-corrected chi connectivity index (χ3v) is 4.29. The monoisotopic (exact) mass is 361 g/mol. The van der Waals surface area contributed by atoms with Gasteiger partial charge in [-0.15, -0.1) is 0 Å². The molecule has 0 saturated heterocycles. The molecule has 134 valence electrons. The van der Waals surface area contributed by atoms with E-state index in [1.54, 1.807) is 35.4 Å². The van der Waals surface area contributed by atoms with Crippen molar-refractivity contribution in [2.24, 2.45) is 0 Å². The van der Waals surface area contributed by atoms with Gasteiger partial charge in [-0.3, -0.25) is 14.8 Å². The quantitative estimate of drug-likeness (QED) is 0.604. The molecule has 3 aromatic heterocycles. The summed E-state index contributed by atoms with van der Waals surface area (Å²) in [6, 6.07) is 11.3. The molecule has 0 radical (unpaired) electrons. The van der Waals surface area contributed by atoms with Crippen molar-refractivity contribution in [1.29, 1.82) is 0 Å². The van der Waals surface area contributed by atoms with E-state index in [4.69, 9.17) is 0 Å². The number of hydrogen-bond donors (Lipinski definition) is 1. The summed E-state index contributed by atoms with van der Waals surface area (Å²) in [5.41, 5.74) is 2.55. The van der Waals surface area contributed by atoms with Crippen molar-refractivity contribution in [3.05, 3.63) is 84.3 Å². The predicted octanol–water partition coefficient (Wildman–Crippen LogP) is 3.45. The first kappa shape index (κ1) is 16.8. The highest BCUT2D eigenvalue weighted by atomic mass is 19.1. The molecule has 0 spiro atoms. The van der Waals surface area contributed by atoms with Crippen LogP contribution in [0.3, 0.4) is 0 Å². The van der Waals surface area contributed by atoms with Crippen LogP contribution in [0.15, 0.2) is 67.3 Å². The molecule has 3 heterocycles. The van der Waals surface area contributed by atoms with E-state index < -0.39 is 0 Å². The van der Waals surface area contributed by atoms with Gasteiger partial charge in [-0.05, 0) is 43.3 Å². The Kier molecular flexibility index (Phi) is 4.33. The maximum absolute atomic E-state index is 13.2. The second kappa shape index (κ2) is 6.95. The highest BCUT2D eigenvalue weighted by Crippen LogP contribution is 2.21. The number of carbonyl (C=O) groups excluding carboxylic acids is 1. The number of hydrogen-bond acceptors (Lipinski definition) is 4. The van der Waals surface area contributed by atoms with Crippen LogP contribution in [0.25, 0.3) is 16.6 Å². The number of carbonyl (C=O) groups is 1. The van der Waals surface area contributed by atoms with E-state index in [-0.39, 0.29) is 17.8 Å². The van der Waals surface area contributed by atoms with Crippen molar-refractivity contribution in [2.45, 2.75) is 13.0 Å². The lowest BCUT2D eigenvalue weighted by molar-refractivity contribution is 0.0940. The molecule has 1 aromatic carbocycles. The Morgan fingerprint density at radius 2 is 1.93 bits per heavy atom. The van der Waals surface area contributed by atoms with Crippen LogP contribution in [0.2, 0.25) is 0 Å². The normalized spacial score (nSPS) is 12.1. The Morgan fingerprint density at radius 1 is 1.11 bits per heavy atom. The summed E-state index contributed by atoms with van der Waals surface area (Å²) in [6.45, 7) is 1.87. The fourth-order valence-electron chi connectivity index (χ4n) is 2.89. The molecular weight excluding hydrogens is 345 g/mol. The van der Waals surface area contributed by atoms with Gasteiger partial charge in [0.2, 0.25) is 0 Å². The first-order valence-electron chi connectivity index (χ1n) is 8.43. The summed E-state index contributed by atoms with van der Waals surface area (Å²) in [5, 5.41) is 7.94. The highest BCUT2D eigenvalue weighted by molar-refractivity contribution is 6.06. The molecule has 4 rings (SSSR count). The highest BCUT2D eigenvalue weighted by Gasteiger charge is 2.17. The first-order valence-corrected chi connectivity index (χ1v) is 8.43. The lowest BCUT2D eigenvalue weighted by Crippen LogP contribution is -2.27. The number of halogens is 1. The smallest absolute Gasteiger partial charge is 0.254 e. The minimum absolute atomic E-state index is 0.249. The van der Waals surface area contributed by atoms with E-state index >= 15 is 0 Å². The molecule has 0 unspecified atom stereocenters. The average molecular weight is 361 g/mol. The van der Waals surface area contributed by atoms with Crippen LogP contribution in [0.1, 0.15) is 29.0 Å². The van der Waals surface area contributed by atoms with Crippen LogP contribution >= 0.6 is 0 Å². The number of nitrogens with one attached hydrogen (secondary N) is 1. The Balaban J connectivity index is 1.66. The maximum atomic E-state index is 13.2. The number of aromatic nitrogens is 4. The summed E-state index contributed by atoms with van der Waals surface area (Å²) in [7, 11) is 0. The zero-order valence-corrected chi connectivity index (χ0v) is 14.5. The Bertz CT molecular complexity index is 1090. The summed E-state index contributed by atoms with van der Waals surface area (Å²) in [6.07, 6.45) is 6.44. The fraction of sp³-hybridized carbons (Fsp3) is 0.100. The number of nitrogens with zero attached hydrogens (tertiary/aromatic N) is 4. The minimum atomic E-state index is -0.322. The van der Waals surface area contributed by atoms with Gasteiger partial charge in [0.25, 0.3) is 5.91 Å². The van der Waals surface area contributed by atoms with Crippen LogP contribution in [-0.2, 0) is 0 Å². The van der Waals surface area contributed by atoms with E-state index in [2.05, 4.69) is 20.4 Å². The summed E-state index contributed by atoms with van der Waals surface area (Å²) in [4.78, 5) is 21.2. The Hall–Kier alpha value is -3.61. The SMILES string of the molecule is C[C@H](NC(=O)c1cncc2c1cnn2-c1ccc(F)cc1)c1ccccn1. The van der Waals surface area contributed by atoms with Crippen molar-refractivity contribution in [2.75, 3.05) is 0 Å². The lowest BCUT2D eigenvalue weighted by atomic mass is 10.1. The van der Waals surface area contributed by atoms with E-state index in [1.807, 2.05) is 25.1 Å². The molecule has 1 amide bonds. The van der Waals surface area contributed by atoms with Crippen LogP contribution < -0.4 is 5.32 Å². The van der Waals surface area contributed by atoms with Gasteiger partial charge in [0.05, 0.1) is 40.9 Å². The molecule has 0 bridgehead atoms. The molecule has 0 aliphatic carbocycles. The molecule has 6 nitrogen and oxygen atoms in total. The number of rotatable bonds is 4. The van der Waals surface area contributed by atoms with Gasteiger partial charge in [0, 0.05) is 17.8 Å². The number of benzene rings is 1. The van der Waals surface area contributed by atoms with Crippen LogP contribution in [0.5, 0.6) is 0 Å². The van der Waals surface area contributed by atoms with Gasteiger partial charge < -0.3 is 5.32 Å². The maximum Gasteiger partial charge on any atom is 0.254 e. The summed E-state index contributed by atoms with van der Waals surface area (Å²) in [5.74, 6) is -0.582. The van der Waals surface area contributed by atoms with Crippen molar-refractivity contribution in [3.8, 4) is 5.69 Å². The lowest BCUT2D eigenvalue weighted by Gasteiger charge is -2.13. The Labute approximate surface area is 154 Å². The van der Waals surface area contributed by atoms with Crippen molar-refractivity contribution < 1.29 is 9.18 Å². The van der Waals surface area contributed by atoms with Gasteiger partial charge in [-0.25, -0.2) is 9.07 Å². The predicted molar refractivity (Wildman–Crippen MR) is 98.9 cm³/mol. The second-order valence-electron chi connectivity index (χ2n) is 6.10. The third-order valence-electron chi connectivity index (χ3n) is 4.29. The molecule has 0 aliphatic rings. The molecule has 0 aliphatic heterocycles. The minimum Gasteiger partial charge on any atom is -0.344 e. The molecule has 7 heteroatoms. The van der Waals surface area contributed by atoms with Crippen molar-refractivity contribution >= 4 is 16.8 Å². The second-order valence-corrected chi connectivity index (χ2v) is 6.10. The zero-order valence-electron chi connectivity index (χ0n) is 14.5. The van der Waals surface area contributed by atoms with E-state index in [9.17, 15) is 9.18 Å². The summed E-state index contributed by atoms with van der Waals surface area (Å²) >= 11 is 0. The van der Waals surface area contributed by atoms with Gasteiger partial charge in [0.1, 0.15) is 5.82 Å². The van der Waals surface area contributed by atoms with Gasteiger partial charge in [-0.2, -0.15) is 5.10 Å². The van der Waals surface area contributed by atoms with E-state index in [0.29, 0.717) is 22.2 Å². The summed E-state index contributed by atoms with van der Waals surface area (Å²) < 4.78 is 14.8. The molecule has 1 atom stereocenters. The van der Waals surface area contributed by atoms with Crippen LogP contribution in [0, 0.1) is 5.82 Å². The van der Waals surface area contributed by atoms with E-state index in [0.717, 1.165) is 5.69 Å². The topological polar surface area (TPSA) is 72.7 Å². The van der Waals surface area contributed by atoms with Crippen molar-refractivity contribution in [1.82, 2.24) is 25.1 Å². The van der Waals surface area contributed by atoms with E-state index in [1.165, 1.54) is 18.3 Å². The third kappa shape index (κ3) is 3.27. The largest absolute Gasteiger partial charge is 0.344 e. The molecule has 27 heavy (non-hydrogen) atoms. The molecule has 1 N–H and O–H groups in total. The van der Waals surface area contributed by atoms with Gasteiger partial charge >= 0.3 is 0 Å². The van der Waals surface area contributed by atoms with Gasteiger partial charge in [-0.1, -0.05) is 6.07 Å². The molecule has 4 aromatic rings. The number of fused-ring (bicyclic) bond motifs is 1. The Morgan fingerprint density at radius 3 is 2.67 bits per heavy atom. The number of amides is 1. The van der Waals surface area contributed by atoms with Crippen molar-refractivity contribution in [3.63, 3.8) is 0 Å². The van der Waals surface area contributed by atoms with Gasteiger partial charge in [0.15, 0.2) is 0 Å². The zero-order chi connectivity index (χ0) is 18.8. The average Bonchev–Trinajstić information content (AvgIpc) is 3.13. The standard InChI is InChI=1S/C20H16FN5O/c1-13(18-4-2-3-9-23-18)25-20(27)17-10-22-12-19-16(17)11-24-26(19)15-7-5-14(21)6-8-15/h2-13H,1H3,(H,25,27)/t13-/m0/s1. The number of pyridine rings is 2. The first-order chi connectivity index (χ1) is 13.1. The molecule has 0 fully saturated rings. The van der Waals surface area contributed by atoms with Crippen LogP contribution in [0.4, 0.5) is 4.39 Å².